The molecule has 0 saturated carbocycles. The molecule has 3 aromatic rings. The highest BCUT2D eigenvalue weighted by Crippen LogP contribution is 2.31. The summed E-state index contributed by atoms with van der Waals surface area (Å²) >= 11 is 0. The van der Waals surface area contributed by atoms with Gasteiger partial charge in [-0.25, -0.2) is 4.98 Å². The quantitative estimate of drug-likeness (QED) is 0.762. The lowest BCUT2D eigenvalue weighted by Crippen LogP contribution is -2.23. The molecule has 4 heteroatoms. The van der Waals surface area contributed by atoms with Gasteiger partial charge < -0.3 is 5.32 Å². The molecule has 0 atom stereocenters. The highest BCUT2D eigenvalue weighted by atomic mass is 15.1. The van der Waals surface area contributed by atoms with Gasteiger partial charge in [0, 0.05) is 30.0 Å². The monoisotopic (exact) mass is 334 g/mol. The van der Waals surface area contributed by atoms with Gasteiger partial charge in [-0.05, 0) is 56.3 Å². The van der Waals surface area contributed by atoms with Crippen molar-refractivity contribution in [3.05, 3.63) is 53.3 Å². The van der Waals surface area contributed by atoms with Gasteiger partial charge in [0.1, 0.15) is 5.65 Å². The molecule has 0 radical (unpaired) electrons. The van der Waals surface area contributed by atoms with Crippen LogP contribution in [0, 0.1) is 6.92 Å². The normalized spacial score (nSPS) is 13.4. The van der Waals surface area contributed by atoms with E-state index in [-0.39, 0.29) is 0 Å². The zero-order valence-electron chi connectivity index (χ0n) is 15.3. The molecule has 0 fully saturated rings. The number of hydrogen-bond acceptors (Lipinski definition) is 3. The van der Waals surface area contributed by atoms with Crippen LogP contribution >= 0.6 is 0 Å². The maximum Gasteiger partial charge on any atom is 0.137 e. The number of nitrogens with zero attached hydrogens (tertiary/aromatic N) is 3. The first-order valence-corrected chi connectivity index (χ1v) is 9.27. The summed E-state index contributed by atoms with van der Waals surface area (Å²) in [7, 11) is 0. The van der Waals surface area contributed by atoms with Crippen molar-refractivity contribution in [2.45, 2.75) is 33.7 Å². The fourth-order valence-electron chi connectivity index (χ4n) is 3.81. The van der Waals surface area contributed by atoms with Crippen LogP contribution in [0.3, 0.4) is 0 Å². The van der Waals surface area contributed by atoms with Crippen LogP contribution in [0.25, 0.3) is 16.9 Å². The van der Waals surface area contributed by atoms with Gasteiger partial charge in [-0.1, -0.05) is 26.0 Å². The first kappa shape index (κ1) is 16.2. The van der Waals surface area contributed by atoms with Crippen LogP contribution in [-0.2, 0) is 13.0 Å². The van der Waals surface area contributed by atoms with Crippen molar-refractivity contribution in [2.75, 3.05) is 25.0 Å². The number of benzene rings is 1. The second-order valence-corrected chi connectivity index (χ2v) is 6.78. The molecule has 0 bridgehead atoms. The lowest BCUT2D eigenvalue weighted by Gasteiger charge is -2.19. The predicted molar refractivity (Wildman–Crippen MR) is 104 cm³/mol. The van der Waals surface area contributed by atoms with Gasteiger partial charge in [0.15, 0.2) is 0 Å². The van der Waals surface area contributed by atoms with Crippen molar-refractivity contribution >= 4 is 11.3 Å². The minimum Gasteiger partial charge on any atom is -0.384 e. The van der Waals surface area contributed by atoms with Crippen LogP contribution in [-0.4, -0.2) is 33.9 Å². The average molecular weight is 334 g/mol. The molecular weight excluding hydrogens is 308 g/mol. The van der Waals surface area contributed by atoms with Gasteiger partial charge in [0.05, 0.1) is 11.4 Å². The molecule has 0 aliphatic carbocycles. The smallest absolute Gasteiger partial charge is 0.137 e. The number of rotatable bonds is 5. The number of aryl methyl sites for hydroxylation is 1. The summed E-state index contributed by atoms with van der Waals surface area (Å²) < 4.78 is 2.32. The Morgan fingerprint density at radius 2 is 2.00 bits per heavy atom. The number of hydrogen-bond donors (Lipinski definition) is 1. The molecule has 0 spiro atoms. The first-order valence-electron chi connectivity index (χ1n) is 9.27. The van der Waals surface area contributed by atoms with Crippen LogP contribution in [0.2, 0.25) is 0 Å². The van der Waals surface area contributed by atoms with Crippen molar-refractivity contribution in [3.8, 4) is 11.3 Å². The minimum atomic E-state index is 0.920. The Labute approximate surface area is 149 Å². The molecule has 4 nitrogen and oxygen atoms in total. The predicted octanol–water partition coefficient (Wildman–Crippen LogP) is 4.12. The molecular formula is C21H26N4. The fourth-order valence-corrected chi connectivity index (χ4v) is 3.81. The fraction of sp³-hybridized carbons (Fsp3) is 0.381. The molecule has 1 aromatic carbocycles. The molecule has 0 saturated heterocycles. The summed E-state index contributed by atoms with van der Waals surface area (Å²) in [6.07, 6.45) is 1.10. The third-order valence-corrected chi connectivity index (χ3v) is 5.29. The molecule has 1 N–H and O–H groups in total. The second kappa shape index (κ2) is 6.52. The molecule has 130 valence electrons. The van der Waals surface area contributed by atoms with Crippen molar-refractivity contribution in [1.82, 2.24) is 14.3 Å². The summed E-state index contributed by atoms with van der Waals surface area (Å²) in [6, 6.07) is 13.1. The Morgan fingerprint density at radius 3 is 2.80 bits per heavy atom. The van der Waals surface area contributed by atoms with E-state index < -0.39 is 0 Å². The summed E-state index contributed by atoms with van der Waals surface area (Å²) in [5, 5.41) is 3.45. The number of aromatic nitrogens is 2. The highest BCUT2D eigenvalue weighted by molar-refractivity contribution is 5.71. The van der Waals surface area contributed by atoms with E-state index in [2.05, 4.69) is 71.8 Å². The number of imidazole rings is 1. The van der Waals surface area contributed by atoms with E-state index in [1.54, 1.807) is 0 Å². The Balaban J connectivity index is 1.89. The van der Waals surface area contributed by atoms with E-state index in [4.69, 9.17) is 4.98 Å². The lowest BCUT2D eigenvalue weighted by molar-refractivity contribution is 0.292. The number of anilines is 1. The summed E-state index contributed by atoms with van der Waals surface area (Å²) in [6.45, 7) is 10.7. The third kappa shape index (κ3) is 2.81. The maximum atomic E-state index is 5.01. The Hall–Kier alpha value is -2.33. The molecule has 0 amide bonds. The van der Waals surface area contributed by atoms with E-state index in [9.17, 15) is 0 Å². The Kier molecular flexibility index (Phi) is 4.22. The van der Waals surface area contributed by atoms with Crippen molar-refractivity contribution in [2.24, 2.45) is 0 Å². The number of pyridine rings is 1. The van der Waals surface area contributed by atoms with Crippen molar-refractivity contribution in [1.29, 1.82) is 0 Å². The summed E-state index contributed by atoms with van der Waals surface area (Å²) in [5.41, 5.74) is 8.59. The van der Waals surface area contributed by atoms with Gasteiger partial charge in [-0.15, -0.1) is 0 Å². The SMILES string of the molecule is CCN(CC)Cc1c(-c2ccc3c(c2)CCN3)nc2cccc(C)n12. The van der Waals surface area contributed by atoms with Crippen LogP contribution < -0.4 is 5.32 Å². The molecule has 1 aliphatic rings. The zero-order valence-corrected chi connectivity index (χ0v) is 15.3. The van der Waals surface area contributed by atoms with Gasteiger partial charge >= 0.3 is 0 Å². The average Bonchev–Trinajstić information content (AvgIpc) is 3.24. The van der Waals surface area contributed by atoms with E-state index in [1.165, 1.54) is 28.2 Å². The largest absolute Gasteiger partial charge is 0.384 e. The maximum absolute atomic E-state index is 5.01. The van der Waals surface area contributed by atoms with Crippen LogP contribution in [0.15, 0.2) is 36.4 Å². The molecule has 4 rings (SSSR count). The van der Waals surface area contributed by atoms with E-state index in [0.29, 0.717) is 0 Å². The Morgan fingerprint density at radius 1 is 1.16 bits per heavy atom. The summed E-state index contributed by atoms with van der Waals surface area (Å²) in [5.74, 6) is 0. The molecule has 1 aliphatic heterocycles. The molecule has 3 heterocycles. The number of fused-ring (bicyclic) bond motifs is 2. The molecule has 0 unspecified atom stereocenters. The molecule has 25 heavy (non-hydrogen) atoms. The van der Waals surface area contributed by atoms with Crippen molar-refractivity contribution < 1.29 is 0 Å². The van der Waals surface area contributed by atoms with E-state index >= 15 is 0 Å². The van der Waals surface area contributed by atoms with Crippen LogP contribution in [0.1, 0.15) is 30.8 Å². The van der Waals surface area contributed by atoms with Gasteiger partial charge in [-0.3, -0.25) is 9.30 Å². The van der Waals surface area contributed by atoms with E-state index in [0.717, 1.165) is 43.9 Å². The molecule has 2 aromatic heterocycles. The topological polar surface area (TPSA) is 32.6 Å². The lowest BCUT2D eigenvalue weighted by atomic mass is 10.0. The third-order valence-electron chi connectivity index (χ3n) is 5.29. The highest BCUT2D eigenvalue weighted by Gasteiger charge is 2.19. The van der Waals surface area contributed by atoms with Crippen LogP contribution in [0.4, 0.5) is 5.69 Å². The summed E-state index contributed by atoms with van der Waals surface area (Å²) in [4.78, 5) is 7.46. The van der Waals surface area contributed by atoms with Crippen LogP contribution in [0.5, 0.6) is 0 Å². The number of nitrogens with one attached hydrogen (secondary N) is 1. The van der Waals surface area contributed by atoms with Gasteiger partial charge in [-0.2, -0.15) is 0 Å². The van der Waals surface area contributed by atoms with Gasteiger partial charge in [0.25, 0.3) is 0 Å². The first-order chi connectivity index (χ1) is 12.2. The second-order valence-electron chi connectivity index (χ2n) is 6.78. The minimum absolute atomic E-state index is 0.920. The van der Waals surface area contributed by atoms with Crippen molar-refractivity contribution in [3.63, 3.8) is 0 Å². The Bertz CT molecular complexity index is 906. The van der Waals surface area contributed by atoms with E-state index in [1.807, 2.05) is 0 Å². The zero-order chi connectivity index (χ0) is 17.4. The standard InChI is InChI=1S/C21H26N4/c1-4-24(5-2)14-19-21(23-20-8-6-7-15(3)25(19)20)17-9-10-18-16(13-17)11-12-22-18/h6-10,13,22H,4-5,11-12,14H2,1-3H3. The van der Waals surface area contributed by atoms with Gasteiger partial charge in [0.2, 0.25) is 0 Å².